The molecule has 0 saturated carbocycles. The molecule has 1 aromatic carbocycles. The lowest BCUT2D eigenvalue weighted by Crippen LogP contribution is -2.52. The molecule has 1 aromatic rings. The molecular formula is C17H27NO. The number of nitrogens with zero attached hydrogens (tertiary/aromatic N) is 1. The Hall–Kier alpha value is -1.02. The molecule has 0 aliphatic carbocycles. The molecule has 0 atom stereocenters. The minimum atomic E-state index is 0.185. The summed E-state index contributed by atoms with van der Waals surface area (Å²) < 4.78 is 5.95. The van der Waals surface area contributed by atoms with Crippen LogP contribution >= 0.6 is 0 Å². The van der Waals surface area contributed by atoms with Gasteiger partial charge in [-0.25, -0.2) is 0 Å². The summed E-state index contributed by atoms with van der Waals surface area (Å²) in [5, 5.41) is 0. The first kappa shape index (κ1) is 14.4. The Morgan fingerprint density at radius 2 is 1.95 bits per heavy atom. The van der Waals surface area contributed by atoms with E-state index < -0.39 is 0 Å². The van der Waals surface area contributed by atoms with Gasteiger partial charge in [0.25, 0.3) is 0 Å². The molecule has 1 saturated heterocycles. The average Bonchev–Trinajstić information content (AvgIpc) is 2.25. The van der Waals surface area contributed by atoms with E-state index in [-0.39, 0.29) is 5.41 Å². The third-order valence-corrected chi connectivity index (χ3v) is 3.90. The molecule has 106 valence electrons. The van der Waals surface area contributed by atoms with Crippen molar-refractivity contribution in [2.24, 2.45) is 5.92 Å². The van der Waals surface area contributed by atoms with Crippen LogP contribution in [-0.4, -0.2) is 30.6 Å². The second-order valence-corrected chi connectivity index (χ2v) is 7.00. The van der Waals surface area contributed by atoms with E-state index in [0.29, 0.717) is 12.0 Å². The van der Waals surface area contributed by atoms with Crippen molar-refractivity contribution in [3.63, 3.8) is 0 Å². The Morgan fingerprint density at radius 3 is 2.53 bits per heavy atom. The van der Waals surface area contributed by atoms with E-state index in [1.807, 2.05) is 0 Å². The van der Waals surface area contributed by atoms with Crippen LogP contribution in [0.2, 0.25) is 0 Å². The Labute approximate surface area is 117 Å². The Balaban J connectivity index is 1.84. The Bertz CT molecular complexity index is 414. The zero-order chi connectivity index (χ0) is 14.0. The van der Waals surface area contributed by atoms with E-state index in [4.69, 9.17) is 4.74 Å². The first-order valence-electron chi connectivity index (χ1n) is 7.33. The van der Waals surface area contributed by atoms with E-state index in [1.165, 1.54) is 18.7 Å². The number of rotatable bonds is 4. The normalized spacial score (nSPS) is 17.6. The summed E-state index contributed by atoms with van der Waals surface area (Å²) in [6, 6.07) is 9.18. The predicted octanol–water partition coefficient (Wildman–Crippen LogP) is 3.70. The molecule has 0 radical (unpaired) electrons. The Kier molecular flexibility index (Phi) is 4.19. The number of hydrogen-bond donors (Lipinski definition) is 0. The van der Waals surface area contributed by atoms with E-state index in [2.05, 4.69) is 63.8 Å². The molecule has 0 aromatic heterocycles. The van der Waals surface area contributed by atoms with Crippen molar-refractivity contribution in [3.8, 4) is 5.75 Å². The molecule has 1 heterocycles. The van der Waals surface area contributed by atoms with Crippen molar-refractivity contribution in [1.82, 2.24) is 4.90 Å². The zero-order valence-electron chi connectivity index (χ0n) is 12.9. The fraction of sp³-hybridized carbons (Fsp3) is 0.647. The second-order valence-electron chi connectivity index (χ2n) is 7.00. The third-order valence-electron chi connectivity index (χ3n) is 3.90. The Morgan fingerprint density at radius 1 is 1.26 bits per heavy atom. The van der Waals surface area contributed by atoms with E-state index in [0.717, 1.165) is 12.4 Å². The smallest absolute Gasteiger partial charge is 0.119 e. The van der Waals surface area contributed by atoms with Crippen molar-refractivity contribution in [2.45, 2.75) is 46.1 Å². The van der Waals surface area contributed by atoms with Crippen LogP contribution in [0.5, 0.6) is 5.75 Å². The lowest BCUT2D eigenvalue weighted by Gasteiger charge is -2.41. The fourth-order valence-corrected chi connectivity index (χ4v) is 2.40. The van der Waals surface area contributed by atoms with Crippen molar-refractivity contribution in [2.75, 3.05) is 19.7 Å². The van der Waals surface area contributed by atoms with Crippen molar-refractivity contribution in [1.29, 1.82) is 0 Å². The first-order chi connectivity index (χ1) is 8.86. The maximum Gasteiger partial charge on any atom is 0.119 e. The van der Waals surface area contributed by atoms with Gasteiger partial charge in [0, 0.05) is 25.0 Å². The van der Waals surface area contributed by atoms with E-state index >= 15 is 0 Å². The van der Waals surface area contributed by atoms with E-state index in [1.54, 1.807) is 0 Å². The summed E-state index contributed by atoms with van der Waals surface area (Å²) in [5.74, 6) is 1.70. The quantitative estimate of drug-likeness (QED) is 0.819. The van der Waals surface area contributed by atoms with Crippen LogP contribution in [0.1, 0.15) is 40.2 Å². The molecule has 1 aliphatic rings. The molecule has 0 spiro atoms. The van der Waals surface area contributed by atoms with Gasteiger partial charge in [-0.2, -0.15) is 0 Å². The largest absolute Gasteiger partial charge is 0.493 e. The molecule has 0 amide bonds. The van der Waals surface area contributed by atoms with Crippen LogP contribution in [0.15, 0.2) is 24.3 Å². The lowest BCUT2D eigenvalue weighted by atomic mass is 9.87. The molecule has 0 bridgehead atoms. The molecule has 2 rings (SSSR count). The highest BCUT2D eigenvalue weighted by atomic mass is 16.5. The molecule has 1 aliphatic heterocycles. The van der Waals surface area contributed by atoms with Crippen LogP contribution < -0.4 is 4.74 Å². The van der Waals surface area contributed by atoms with Gasteiger partial charge < -0.3 is 9.64 Å². The van der Waals surface area contributed by atoms with Gasteiger partial charge >= 0.3 is 0 Å². The SMILES string of the molecule is CC(C)N1CC(COc2cccc(C(C)(C)C)c2)C1. The summed E-state index contributed by atoms with van der Waals surface area (Å²) in [6.45, 7) is 14.4. The minimum Gasteiger partial charge on any atom is -0.493 e. The van der Waals surface area contributed by atoms with Crippen molar-refractivity contribution in [3.05, 3.63) is 29.8 Å². The van der Waals surface area contributed by atoms with Crippen molar-refractivity contribution >= 4 is 0 Å². The molecule has 0 unspecified atom stereocenters. The summed E-state index contributed by atoms with van der Waals surface area (Å²) in [7, 11) is 0. The maximum absolute atomic E-state index is 5.95. The highest BCUT2D eigenvalue weighted by Crippen LogP contribution is 2.26. The monoisotopic (exact) mass is 261 g/mol. The highest BCUT2D eigenvalue weighted by molar-refractivity contribution is 5.32. The summed E-state index contributed by atoms with van der Waals surface area (Å²) in [5.41, 5.74) is 1.52. The average molecular weight is 261 g/mol. The number of hydrogen-bond acceptors (Lipinski definition) is 2. The van der Waals surface area contributed by atoms with Gasteiger partial charge in [0.15, 0.2) is 0 Å². The topological polar surface area (TPSA) is 12.5 Å². The zero-order valence-corrected chi connectivity index (χ0v) is 12.9. The van der Waals surface area contributed by atoms with Gasteiger partial charge in [-0.1, -0.05) is 32.9 Å². The van der Waals surface area contributed by atoms with Crippen LogP contribution in [0.3, 0.4) is 0 Å². The fourth-order valence-electron chi connectivity index (χ4n) is 2.40. The van der Waals surface area contributed by atoms with Gasteiger partial charge in [-0.05, 0) is 37.0 Å². The summed E-state index contributed by atoms with van der Waals surface area (Å²) in [4.78, 5) is 2.49. The van der Waals surface area contributed by atoms with Gasteiger partial charge in [0.05, 0.1) is 6.61 Å². The number of benzene rings is 1. The van der Waals surface area contributed by atoms with Gasteiger partial charge in [-0.3, -0.25) is 0 Å². The third kappa shape index (κ3) is 3.73. The number of likely N-dealkylation sites (tertiary alicyclic amines) is 1. The molecule has 2 nitrogen and oxygen atoms in total. The predicted molar refractivity (Wildman–Crippen MR) is 80.8 cm³/mol. The molecule has 1 fully saturated rings. The van der Waals surface area contributed by atoms with Gasteiger partial charge in [0.1, 0.15) is 5.75 Å². The van der Waals surface area contributed by atoms with Crippen LogP contribution in [0, 0.1) is 5.92 Å². The standard InChI is InChI=1S/C17H27NO/c1-13(2)18-10-14(11-18)12-19-16-8-6-7-15(9-16)17(3,4)5/h6-9,13-14H,10-12H2,1-5H3. The van der Waals surface area contributed by atoms with Gasteiger partial charge in [-0.15, -0.1) is 0 Å². The highest BCUT2D eigenvalue weighted by Gasteiger charge is 2.28. The van der Waals surface area contributed by atoms with E-state index in [9.17, 15) is 0 Å². The number of ether oxygens (including phenoxy) is 1. The van der Waals surface area contributed by atoms with Gasteiger partial charge in [0.2, 0.25) is 0 Å². The molecule has 19 heavy (non-hydrogen) atoms. The second kappa shape index (κ2) is 5.54. The van der Waals surface area contributed by atoms with Crippen LogP contribution in [0.4, 0.5) is 0 Å². The summed E-state index contributed by atoms with van der Waals surface area (Å²) >= 11 is 0. The lowest BCUT2D eigenvalue weighted by molar-refractivity contribution is 0.0375. The molecule has 0 N–H and O–H groups in total. The van der Waals surface area contributed by atoms with Crippen LogP contribution in [0.25, 0.3) is 0 Å². The van der Waals surface area contributed by atoms with Crippen molar-refractivity contribution < 1.29 is 4.74 Å². The molecular weight excluding hydrogens is 234 g/mol. The first-order valence-corrected chi connectivity index (χ1v) is 7.33. The maximum atomic E-state index is 5.95. The van der Waals surface area contributed by atoms with Crippen LogP contribution in [-0.2, 0) is 5.41 Å². The molecule has 2 heteroatoms. The summed E-state index contributed by atoms with van der Waals surface area (Å²) in [6.07, 6.45) is 0. The minimum absolute atomic E-state index is 0.185.